The molecule has 0 amide bonds. The van der Waals surface area contributed by atoms with Crippen molar-refractivity contribution in [1.29, 1.82) is 0 Å². The number of hydrogen-bond donors (Lipinski definition) is 0. The molecule has 0 fully saturated rings. The summed E-state index contributed by atoms with van der Waals surface area (Å²) in [6, 6.07) is 11.9. The number of benzene rings is 2. The van der Waals surface area contributed by atoms with E-state index in [1.54, 1.807) is 42.5 Å². The molecule has 3 rings (SSSR count). The number of hydrogen-bond acceptors (Lipinski definition) is 4. The van der Waals surface area contributed by atoms with Crippen LogP contribution in [0.5, 0.6) is 11.5 Å². The summed E-state index contributed by atoms with van der Waals surface area (Å²) in [5, 5.41) is 0.612. The summed E-state index contributed by atoms with van der Waals surface area (Å²) in [7, 11) is 0. The fourth-order valence-corrected chi connectivity index (χ4v) is 2.67. The average molecular weight is 331 g/mol. The lowest BCUT2D eigenvalue weighted by Crippen LogP contribution is -2.31. The number of rotatable bonds is 3. The van der Waals surface area contributed by atoms with E-state index in [-0.39, 0.29) is 24.3 Å². The van der Waals surface area contributed by atoms with Crippen LogP contribution in [0.3, 0.4) is 0 Å². The van der Waals surface area contributed by atoms with Crippen molar-refractivity contribution in [3.63, 3.8) is 0 Å². The van der Waals surface area contributed by atoms with Crippen LogP contribution >= 0.6 is 11.6 Å². The standard InChI is InChI=1S/C18H15ClO4/c1-11(20)12-2-5-16(6-3-12)23-18(21)14-8-13-9-15(19)4-7-17(13)22-10-14/h2-7,9,14H,8,10H2,1H3/t14-/m0/s1. The van der Waals surface area contributed by atoms with Crippen molar-refractivity contribution in [3.05, 3.63) is 58.6 Å². The Balaban J connectivity index is 1.68. The number of ketones is 1. The van der Waals surface area contributed by atoms with Crippen LogP contribution in [0.15, 0.2) is 42.5 Å². The van der Waals surface area contributed by atoms with Crippen molar-refractivity contribution < 1.29 is 19.1 Å². The SMILES string of the molecule is CC(=O)c1ccc(OC(=O)[C@@H]2COc3ccc(Cl)cc3C2)cc1. The van der Waals surface area contributed by atoms with E-state index >= 15 is 0 Å². The second-order valence-electron chi connectivity index (χ2n) is 5.47. The minimum atomic E-state index is -0.381. The molecule has 2 aromatic rings. The fourth-order valence-electron chi connectivity index (χ4n) is 2.47. The van der Waals surface area contributed by atoms with Gasteiger partial charge in [0.2, 0.25) is 0 Å². The Morgan fingerprint density at radius 3 is 2.61 bits per heavy atom. The van der Waals surface area contributed by atoms with E-state index in [1.165, 1.54) is 6.92 Å². The van der Waals surface area contributed by atoms with Gasteiger partial charge in [0, 0.05) is 10.6 Å². The molecule has 1 aliphatic rings. The molecule has 0 saturated carbocycles. The van der Waals surface area contributed by atoms with Gasteiger partial charge in [-0.1, -0.05) is 11.6 Å². The van der Waals surface area contributed by atoms with Crippen LogP contribution in [0, 0.1) is 5.92 Å². The lowest BCUT2D eigenvalue weighted by molar-refractivity contribution is -0.140. The van der Waals surface area contributed by atoms with Crippen molar-refractivity contribution in [2.24, 2.45) is 5.92 Å². The lowest BCUT2D eigenvalue weighted by atomic mass is 9.97. The van der Waals surface area contributed by atoms with Crippen LogP contribution in [-0.2, 0) is 11.2 Å². The quantitative estimate of drug-likeness (QED) is 0.489. The summed E-state index contributed by atoms with van der Waals surface area (Å²) in [4.78, 5) is 23.5. The number of fused-ring (bicyclic) bond motifs is 1. The molecule has 0 aromatic heterocycles. The molecule has 0 radical (unpaired) electrons. The summed E-state index contributed by atoms with van der Waals surface area (Å²) in [5.41, 5.74) is 1.48. The first-order valence-corrected chi connectivity index (χ1v) is 7.64. The topological polar surface area (TPSA) is 52.6 Å². The smallest absolute Gasteiger partial charge is 0.318 e. The molecule has 4 nitrogen and oxygen atoms in total. The van der Waals surface area contributed by atoms with Crippen LogP contribution in [0.4, 0.5) is 0 Å². The summed E-state index contributed by atoms with van der Waals surface area (Å²) in [5.74, 6) is 0.401. The van der Waals surface area contributed by atoms with Gasteiger partial charge in [-0.05, 0) is 61.4 Å². The maximum absolute atomic E-state index is 12.3. The number of ether oxygens (including phenoxy) is 2. The molecule has 0 unspecified atom stereocenters. The van der Waals surface area contributed by atoms with E-state index in [9.17, 15) is 9.59 Å². The van der Waals surface area contributed by atoms with E-state index < -0.39 is 0 Å². The number of esters is 1. The Labute approximate surface area is 139 Å². The Morgan fingerprint density at radius 1 is 1.17 bits per heavy atom. The van der Waals surface area contributed by atoms with Crippen LogP contribution in [0.1, 0.15) is 22.8 Å². The molecule has 1 heterocycles. The molecule has 23 heavy (non-hydrogen) atoms. The Morgan fingerprint density at radius 2 is 1.91 bits per heavy atom. The third-order valence-electron chi connectivity index (χ3n) is 3.74. The number of carbonyl (C=O) groups excluding carboxylic acids is 2. The van der Waals surface area contributed by atoms with Gasteiger partial charge in [0.05, 0.1) is 5.92 Å². The van der Waals surface area contributed by atoms with E-state index in [1.807, 2.05) is 0 Å². The minimum Gasteiger partial charge on any atom is -0.492 e. The van der Waals surface area contributed by atoms with Crippen molar-refractivity contribution >= 4 is 23.4 Å². The molecule has 0 N–H and O–H groups in total. The zero-order valence-corrected chi connectivity index (χ0v) is 13.3. The molecular formula is C18H15ClO4. The Kier molecular flexibility index (Phi) is 4.35. The fraction of sp³-hybridized carbons (Fsp3) is 0.222. The van der Waals surface area contributed by atoms with E-state index in [0.717, 1.165) is 11.3 Å². The van der Waals surface area contributed by atoms with Crippen molar-refractivity contribution in [3.8, 4) is 11.5 Å². The van der Waals surface area contributed by atoms with Gasteiger partial charge in [0.15, 0.2) is 5.78 Å². The highest BCUT2D eigenvalue weighted by atomic mass is 35.5. The summed E-state index contributed by atoms with van der Waals surface area (Å²) in [6.45, 7) is 1.77. The summed E-state index contributed by atoms with van der Waals surface area (Å²) >= 11 is 5.97. The molecule has 0 spiro atoms. The van der Waals surface area contributed by atoms with E-state index in [2.05, 4.69) is 0 Å². The highest BCUT2D eigenvalue weighted by Crippen LogP contribution is 2.30. The highest BCUT2D eigenvalue weighted by Gasteiger charge is 2.27. The third kappa shape index (κ3) is 3.54. The molecule has 0 saturated heterocycles. The number of carbonyl (C=O) groups is 2. The largest absolute Gasteiger partial charge is 0.492 e. The van der Waals surface area contributed by atoms with Crippen molar-refractivity contribution in [2.45, 2.75) is 13.3 Å². The summed E-state index contributed by atoms with van der Waals surface area (Å²) < 4.78 is 11.0. The first-order valence-electron chi connectivity index (χ1n) is 7.27. The third-order valence-corrected chi connectivity index (χ3v) is 3.98. The lowest BCUT2D eigenvalue weighted by Gasteiger charge is -2.24. The highest BCUT2D eigenvalue weighted by molar-refractivity contribution is 6.30. The predicted molar refractivity (Wildman–Crippen MR) is 86.2 cm³/mol. The van der Waals surface area contributed by atoms with Crippen molar-refractivity contribution in [2.75, 3.05) is 6.61 Å². The average Bonchev–Trinajstić information content (AvgIpc) is 2.54. The van der Waals surface area contributed by atoms with Gasteiger partial charge < -0.3 is 9.47 Å². The zero-order chi connectivity index (χ0) is 16.4. The second kappa shape index (κ2) is 6.42. The van der Waals surface area contributed by atoms with Gasteiger partial charge in [-0.25, -0.2) is 0 Å². The zero-order valence-electron chi connectivity index (χ0n) is 12.5. The second-order valence-corrected chi connectivity index (χ2v) is 5.90. The molecule has 1 aliphatic heterocycles. The van der Waals surface area contributed by atoms with Crippen LogP contribution in [0.2, 0.25) is 5.02 Å². The van der Waals surface area contributed by atoms with Crippen LogP contribution in [0.25, 0.3) is 0 Å². The molecule has 118 valence electrons. The first kappa shape index (κ1) is 15.6. The molecule has 1 atom stereocenters. The van der Waals surface area contributed by atoms with Gasteiger partial charge in [-0.2, -0.15) is 0 Å². The minimum absolute atomic E-state index is 0.0305. The molecule has 0 bridgehead atoms. The maximum Gasteiger partial charge on any atom is 0.318 e. The van der Waals surface area contributed by atoms with Crippen LogP contribution in [-0.4, -0.2) is 18.4 Å². The molecular weight excluding hydrogens is 316 g/mol. The van der Waals surface area contributed by atoms with Gasteiger partial charge in [0.1, 0.15) is 18.1 Å². The summed E-state index contributed by atoms with van der Waals surface area (Å²) in [6.07, 6.45) is 0.528. The Bertz CT molecular complexity index is 752. The van der Waals surface area contributed by atoms with Gasteiger partial charge in [-0.15, -0.1) is 0 Å². The molecule has 0 aliphatic carbocycles. The van der Waals surface area contributed by atoms with Crippen molar-refractivity contribution in [1.82, 2.24) is 0 Å². The number of halogens is 1. The maximum atomic E-state index is 12.3. The number of Topliss-reactive ketones (excluding diaryl/α,β-unsaturated/α-hetero) is 1. The van der Waals surface area contributed by atoms with E-state index in [0.29, 0.717) is 22.8 Å². The van der Waals surface area contributed by atoms with Gasteiger partial charge in [0.25, 0.3) is 0 Å². The van der Waals surface area contributed by atoms with E-state index in [4.69, 9.17) is 21.1 Å². The Hall–Kier alpha value is -2.33. The van der Waals surface area contributed by atoms with Gasteiger partial charge in [-0.3, -0.25) is 9.59 Å². The monoisotopic (exact) mass is 330 g/mol. The first-order chi connectivity index (χ1) is 11.0. The molecule has 5 heteroatoms. The predicted octanol–water partition coefficient (Wildman–Crippen LogP) is 3.70. The molecule has 2 aromatic carbocycles. The van der Waals surface area contributed by atoms with Gasteiger partial charge >= 0.3 is 5.97 Å². The van der Waals surface area contributed by atoms with Crippen LogP contribution < -0.4 is 9.47 Å². The normalized spacial score (nSPS) is 16.2.